The molecule has 6 heteroatoms. The minimum atomic E-state index is 0.664. The third kappa shape index (κ3) is 3.62. The van der Waals surface area contributed by atoms with Crippen LogP contribution in [0, 0.1) is 0 Å². The minimum Gasteiger partial charge on any atom is -0.439 e. The van der Waals surface area contributed by atoms with Crippen LogP contribution in [-0.2, 0) is 17.7 Å². The number of nitrogens with one attached hydrogen (secondary N) is 1. The molecule has 3 aromatic rings. The molecule has 1 atom stereocenters. The molecule has 0 saturated carbocycles. The molecule has 1 N–H and O–H groups in total. The average Bonchev–Trinajstić information content (AvgIpc) is 2.69. The molecule has 132 valence electrons. The van der Waals surface area contributed by atoms with E-state index < -0.39 is 0 Å². The van der Waals surface area contributed by atoms with Crippen LogP contribution < -0.4 is 5.01 Å². The van der Waals surface area contributed by atoms with Gasteiger partial charge in [0.2, 0.25) is 0 Å². The summed E-state index contributed by atoms with van der Waals surface area (Å²) in [4.78, 5) is 19.0. The summed E-state index contributed by atoms with van der Waals surface area (Å²) in [5, 5.41) is 0.922. The highest BCUT2D eigenvalue weighted by molar-refractivity contribution is 5.52. The van der Waals surface area contributed by atoms with E-state index in [4.69, 9.17) is 14.8 Å². The zero-order chi connectivity index (χ0) is 17.8. The monoisotopic (exact) mass is 347 g/mol. The van der Waals surface area contributed by atoms with Gasteiger partial charge in [0, 0.05) is 32.1 Å². The largest absolute Gasteiger partial charge is 0.439 e. The summed E-state index contributed by atoms with van der Waals surface area (Å²) in [5.74, 6) is 0.664. The van der Waals surface area contributed by atoms with Gasteiger partial charge in [-0.05, 0) is 17.7 Å². The maximum atomic E-state index is 4.95. The van der Waals surface area contributed by atoms with Gasteiger partial charge >= 0.3 is 0 Å². The Bertz CT molecular complexity index is 884. The lowest BCUT2D eigenvalue weighted by Gasteiger charge is -2.33. The number of pyridine rings is 1. The second-order valence-electron chi connectivity index (χ2n) is 6.30. The number of hydrogen-bond donors (Lipinski definition) is 1. The maximum absolute atomic E-state index is 4.95. The predicted molar refractivity (Wildman–Crippen MR) is 98.7 cm³/mol. The Labute approximate surface area is 152 Å². The first-order valence-electron chi connectivity index (χ1n) is 8.80. The second-order valence-corrected chi connectivity index (χ2v) is 6.30. The van der Waals surface area contributed by atoms with Gasteiger partial charge in [0.15, 0.2) is 11.5 Å². The zero-order valence-corrected chi connectivity index (χ0v) is 14.7. The van der Waals surface area contributed by atoms with Gasteiger partial charge in [-0.3, -0.25) is 0 Å². The number of nitrogens with zero attached hydrogens (tertiary/aromatic N) is 4. The molecule has 2 aromatic heterocycles. The van der Waals surface area contributed by atoms with Gasteiger partial charge in [-0.15, -0.1) is 0 Å². The molecule has 0 radical (unpaired) electrons. The summed E-state index contributed by atoms with van der Waals surface area (Å²) in [6.07, 6.45) is 4.59. The lowest BCUT2D eigenvalue weighted by Crippen LogP contribution is -3.04. The molecule has 1 aliphatic rings. The van der Waals surface area contributed by atoms with Gasteiger partial charge in [-0.25, -0.2) is 15.0 Å². The van der Waals surface area contributed by atoms with Crippen molar-refractivity contribution in [3.05, 3.63) is 77.3 Å². The summed E-state index contributed by atoms with van der Waals surface area (Å²) in [5.41, 5.74) is 9.17. The van der Waals surface area contributed by atoms with Crippen molar-refractivity contribution in [3.8, 4) is 11.5 Å². The molecule has 6 nitrogen and oxygen atoms in total. The summed E-state index contributed by atoms with van der Waals surface area (Å²) in [7, 11) is 1.57. The van der Waals surface area contributed by atoms with Crippen molar-refractivity contribution in [2.24, 2.45) is 0 Å². The molecule has 3 heterocycles. The maximum Gasteiger partial charge on any atom is 0.178 e. The average molecular weight is 347 g/mol. The molecule has 0 aliphatic carbocycles. The van der Waals surface area contributed by atoms with Crippen LogP contribution in [0.15, 0.2) is 54.7 Å². The van der Waals surface area contributed by atoms with Crippen molar-refractivity contribution in [1.82, 2.24) is 15.0 Å². The SMILES string of the molecule is CO[N-][NH+]1CCCc2nc(-c3cccc(Cc4ccccc4)n3)ncc21. The van der Waals surface area contributed by atoms with Crippen molar-refractivity contribution >= 4 is 5.69 Å². The Morgan fingerprint density at radius 1 is 1.08 bits per heavy atom. The van der Waals surface area contributed by atoms with Gasteiger partial charge in [0.1, 0.15) is 11.4 Å². The Morgan fingerprint density at radius 2 is 1.96 bits per heavy atom. The lowest BCUT2D eigenvalue weighted by atomic mass is 10.1. The summed E-state index contributed by atoms with van der Waals surface area (Å²) < 4.78 is 0. The van der Waals surface area contributed by atoms with Crippen LogP contribution in [0.2, 0.25) is 0 Å². The first-order chi connectivity index (χ1) is 12.8. The fourth-order valence-corrected chi connectivity index (χ4v) is 3.24. The van der Waals surface area contributed by atoms with Gasteiger partial charge < -0.3 is 15.4 Å². The molecule has 1 unspecified atom stereocenters. The van der Waals surface area contributed by atoms with E-state index in [1.54, 1.807) is 7.11 Å². The number of benzene rings is 1. The van der Waals surface area contributed by atoms with Crippen molar-refractivity contribution in [3.63, 3.8) is 0 Å². The molecule has 1 aromatic carbocycles. The predicted octanol–water partition coefficient (Wildman–Crippen LogP) is 2.44. The highest BCUT2D eigenvalue weighted by atomic mass is 16.7. The van der Waals surface area contributed by atoms with E-state index in [0.29, 0.717) is 5.82 Å². The Balaban J connectivity index is 1.61. The molecule has 26 heavy (non-hydrogen) atoms. The number of aryl methyl sites for hydroxylation is 1. The van der Waals surface area contributed by atoms with E-state index in [0.717, 1.165) is 53.6 Å². The van der Waals surface area contributed by atoms with E-state index in [9.17, 15) is 0 Å². The normalized spacial score (nSPS) is 16.3. The van der Waals surface area contributed by atoms with Crippen LogP contribution in [0.25, 0.3) is 17.1 Å². The molecular weight excluding hydrogens is 326 g/mol. The molecule has 0 amide bonds. The van der Waals surface area contributed by atoms with Crippen LogP contribution in [0.5, 0.6) is 0 Å². The second kappa shape index (κ2) is 7.70. The molecule has 0 bridgehead atoms. The van der Waals surface area contributed by atoms with E-state index in [1.807, 2.05) is 42.6 Å². The number of fused-ring (bicyclic) bond motifs is 1. The highest BCUT2D eigenvalue weighted by Crippen LogP contribution is 2.20. The molecule has 4 rings (SSSR count). The van der Waals surface area contributed by atoms with Crippen LogP contribution in [0.1, 0.15) is 23.4 Å². The topological polar surface area (TPSA) is 66.4 Å². The van der Waals surface area contributed by atoms with Gasteiger partial charge in [-0.1, -0.05) is 36.4 Å². The molecule has 1 aliphatic heterocycles. The highest BCUT2D eigenvalue weighted by Gasteiger charge is 2.20. The van der Waals surface area contributed by atoms with Crippen molar-refractivity contribution < 1.29 is 9.85 Å². The smallest absolute Gasteiger partial charge is 0.178 e. The Hall–Kier alpha value is -2.67. The van der Waals surface area contributed by atoms with E-state index in [1.165, 1.54) is 5.56 Å². The van der Waals surface area contributed by atoms with E-state index >= 15 is 0 Å². The summed E-state index contributed by atoms with van der Waals surface area (Å²) in [6, 6.07) is 16.4. The van der Waals surface area contributed by atoms with Crippen molar-refractivity contribution in [2.75, 3.05) is 13.7 Å². The van der Waals surface area contributed by atoms with Crippen LogP contribution in [0.4, 0.5) is 5.69 Å². The summed E-state index contributed by atoms with van der Waals surface area (Å²) in [6.45, 7) is 0.897. The number of quaternary nitrogens is 1. The summed E-state index contributed by atoms with van der Waals surface area (Å²) >= 11 is 0. The first-order valence-corrected chi connectivity index (χ1v) is 8.80. The Kier molecular flexibility index (Phi) is 4.97. The van der Waals surface area contributed by atoms with Gasteiger partial charge in [-0.2, -0.15) is 0 Å². The van der Waals surface area contributed by atoms with Crippen molar-refractivity contribution in [1.29, 1.82) is 0 Å². The standard InChI is InChI=1S/C20H21N5O/c1-26-24-25-12-6-11-17-19(25)14-21-20(23-17)18-10-5-9-16(22-18)13-15-7-3-2-4-8-15/h2-5,7-10,14,25H,6,11-13H2,1H3. The fourth-order valence-electron chi connectivity index (χ4n) is 3.24. The van der Waals surface area contributed by atoms with E-state index in [-0.39, 0.29) is 0 Å². The minimum absolute atomic E-state index is 0.664. The number of rotatable bonds is 5. The van der Waals surface area contributed by atoms with Gasteiger partial charge in [0.25, 0.3) is 0 Å². The lowest BCUT2D eigenvalue weighted by molar-refractivity contribution is -0.814. The molecule has 0 spiro atoms. The van der Waals surface area contributed by atoms with Crippen LogP contribution >= 0.6 is 0 Å². The third-order valence-electron chi connectivity index (χ3n) is 4.47. The van der Waals surface area contributed by atoms with Crippen molar-refractivity contribution in [2.45, 2.75) is 19.3 Å². The molecular formula is C20H21N5O. The van der Waals surface area contributed by atoms with E-state index in [2.05, 4.69) is 22.7 Å². The first kappa shape index (κ1) is 16.8. The number of hydrogen-bond acceptors (Lipinski definition) is 4. The van der Waals surface area contributed by atoms with Gasteiger partial charge in [0.05, 0.1) is 12.7 Å². The fraction of sp³-hybridized carbons (Fsp3) is 0.250. The van der Waals surface area contributed by atoms with Crippen LogP contribution in [0.3, 0.4) is 0 Å². The zero-order valence-electron chi connectivity index (χ0n) is 14.7. The third-order valence-corrected chi connectivity index (χ3v) is 4.47. The van der Waals surface area contributed by atoms with Crippen LogP contribution in [-0.4, -0.2) is 28.6 Å². The number of aromatic nitrogens is 3. The molecule has 0 saturated heterocycles. The quantitative estimate of drug-likeness (QED) is 0.720. The molecule has 0 fully saturated rings. The Morgan fingerprint density at radius 3 is 2.81 bits per heavy atom.